The van der Waals surface area contributed by atoms with E-state index in [0.717, 1.165) is 25.7 Å². The summed E-state index contributed by atoms with van der Waals surface area (Å²) in [6.45, 7) is 11.2. The molecule has 0 fully saturated rings. The van der Waals surface area contributed by atoms with E-state index in [9.17, 15) is 9.46 Å². The fourth-order valence-corrected chi connectivity index (χ4v) is 6.14. The predicted octanol–water partition coefficient (Wildman–Crippen LogP) is 11.6. The van der Waals surface area contributed by atoms with Crippen LogP contribution in [0, 0.1) is 0 Å². The van der Waals surface area contributed by atoms with Crippen LogP contribution in [0.5, 0.6) is 0 Å². The normalized spacial score (nSPS) is 13.3. The van der Waals surface area contributed by atoms with Gasteiger partial charge in [0, 0.05) is 0 Å². The van der Waals surface area contributed by atoms with Crippen molar-refractivity contribution in [3.05, 3.63) is 0 Å². The monoisotopic (exact) mass is 590 g/mol. The minimum atomic E-state index is -3.89. The molecule has 1 N–H and O–H groups in total. The molecule has 242 valence electrons. The van der Waals surface area contributed by atoms with Crippen LogP contribution in [0.2, 0.25) is 0 Å². The quantitative estimate of drug-likeness (QED) is 0.0597. The van der Waals surface area contributed by atoms with E-state index < -0.39 is 7.82 Å². The number of nitrogens with zero attached hydrogens (tertiary/aromatic N) is 1. The van der Waals surface area contributed by atoms with E-state index in [2.05, 4.69) is 25.7 Å². The van der Waals surface area contributed by atoms with Gasteiger partial charge in [0.15, 0.2) is 0 Å². The van der Waals surface area contributed by atoms with Crippen molar-refractivity contribution in [3.8, 4) is 0 Å². The van der Waals surface area contributed by atoms with E-state index in [-0.39, 0.29) is 0 Å². The number of unbranched alkanes of at least 4 members (excludes halogenated alkanes) is 22. The van der Waals surface area contributed by atoms with Gasteiger partial charge in [-0.05, 0) is 51.7 Å². The van der Waals surface area contributed by atoms with Gasteiger partial charge in [0.25, 0.3) is 0 Å². The Bertz CT molecular complexity index is 518. The number of phosphoric acid groups is 1. The van der Waals surface area contributed by atoms with Crippen LogP contribution in [0.1, 0.15) is 188 Å². The highest BCUT2D eigenvalue weighted by Gasteiger charge is 2.19. The topological polar surface area (TPSA) is 59.0 Å². The zero-order valence-corrected chi connectivity index (χ0v) is 28.4. The minimum absolute atomic E-state index is 0.313. The molecule has 0 spiro atoms. The molecule has 0 aromatic carbocycles. The average molecular weight is 590 g/mol. The second-order valence-corrected chi connectivity index (χ2v) is 13.6. The molecular weight excluding hydrogens is 517 g/mol. The maximum atomic E-state index is 12.1. The molecule has 0 aromatic rings. The van der Waals surface area contributed by atoms with E-state index in [4.69, 9.17) is 9.05 Å². The summed E-state index contributed by atoms with van der Waals surface area (Å²) in [4.78, 5) is 12.6. The highest BCUT2D eigenvalue weighted by atomic mass is 31.2. The molecule has 0 saturated carbocycles. The van der Waals surface area contributed by atoms with Crippen molar-refractivity contribution in [1.82, 2.24) is 4.90 Å². The highest BCUT2D eigenvalue weighted by molar-refractivity contribution is 7.47. The summed E-state index contributed by atoms with van der Waals surface area (Å²) in [5.41, 5.74) is 0. The van der Waals surface area contributed by atoms with Gasteiger partial charge in [0.2, 0.25) is 0 Å². The fourth-order valence-electron chi connectivity index (χ4n) is 5.34. The third kappa shape index (κ3) is 31.0. The second-order valence-electron chi connectivity index (χ2n) is 12.1. The molecule has 5 nitrogen and oxygen atoms in total. The van der Waals surface area contributed by atoms with Gasteiger partial charge < -0.3 is 9.79 Å². The van der Waals surface area contributed by atoms with Crippen LogP contribution in [0.15, 0.2) is 0 Å². The van der Waals surface area contributed by atoms with Gasteiger partial charge >= 0.3 is 7.82 Å². The molecule has 1 atom stereocenters. The van der Waals surface area contributed by atoms with Crippen LogP contribution < -0.4 is 0 Å². The molecular formula is C34H72NO4P. The molecule has 0 aliphatic carbocycles. The first-order chi connectivity index (χ1) is 19.6. The maximum Gasteiger partial charge on any atom is 0.472 e. The van der Waals surface area contributed by atoms with Gasteiger partial charge in [-0.3, -0.25) is 9.05 Å². The molecule has 0 aromatic heterocycles. The van der Waals surface area contributed by atoms with E-state index in [1.807, 2.05) is 0 Å². The zero-order valence-electron chi connectivity index (χ0n) is 27.5. The maximum absolute atomic E-state index is 12.1. The molecule has 0 heterocycles. The Morgan fingerprint density at radius 1 is 0.425 bits per heavy atom. The summed E-state index contributed by atoms with van der Waals surface area (Å²) >= 11 is 0. The zero-order chi connectivity index (χ0) is 29.4. The number of rotatable bonds is 34. The third-order valence-electron chi connectivity index (χ3n) is 8.03. The van der Waals surface area contributed by atoms with Crippen LogP contribution in [0.4, 0.5) is 0 Å². The van der Waals surface area contributed by atoms with E-state index in [1.54, 1.807) is 0 Å². The Hall–Kier alpha value is 0.0700. The Labute approximate surface area is 251 Å². The van der Waals surface area contributed by atoms with Gasteiger partial charge in [-0.15, -0.1) is 0 Å². The van der Waals surface area contributed by atoms with Crippen LogP contribution >= 0.6 is 7.82 Å². The lowest BCUT2D eigenvalue weighted by molar-refractivity contribution is 0.145. The minimum Gasteiger partial charge on any atom is -0.303 e. The van der Waals surface area contributed by atoms with Crippen LogP contribution in [0.25, 0.3) is 0 Å². The second kappa shape index (κ2) is 32.0. The van der Waals surface area contributed by atoms with E-state index in [1.165, 1.54) is 161 Å². The van der Waals surface area contributed by atoms with Gasteiger partial charge in [0.1, 0.15) is 0 Å². The summed E-state index contributed by atoms with van der Waals surface area (Å²) in [5.74, 6) is 0. The molecule has 40 heavy (non-hydrogen) atoms. The van der Waals surface area contributed by atoms with Crippen molar-refractivity contribution < 1.29 is 18.5 Å². The van der Waals surface area contributed by atoms with Crippen molar-refractivity contribution in [2.24, 2.45) is 0 Å². The molecule has 0 saturated heterocycles. The van der Waals surface area contributed by atoms with Gasteiger partial charge in [-0.2, -0.15) is 0 Å². The molecule has 1 unspecified atom stereocenters. The van der Waals surface area contributed by atoms with Crippen LogP contribution in [-0.4, -0.2) is 42.6 Å². The highest BCUT2D eigenvalue weighted by Crippen LogP contribution is 2.43. The molecule has 0 rings (SSSR count). The van der Waals surface area contributed by atoms with Gasteiger partial charge in [-0.25, -0.2) is 4.57 Å². The summed E-state index contributed by atoms with van der Waals surface area (Å²) < 4.78 is 22.4. The Kier molecular flexibility index (Phi) is 32.0. The molecule has 0 bridgehead atoms. The number of hydrogen-bond acceptors (Lipinski definition) is 4. The molecule has 0 amide bonds. The van der Waals surface area contributed by atoms with Crippen LogP contribution in [0.3, 0.4) is 0 Å². The number of phosphoric ester groups is 1. The largest absolute Gasteiger partial charge is 0.472 e. The van der Waals surface area contributed by atoms with Crippen molar-refractivity contribution >= 4 is 7.82 Å². The predicted molar refractivity (Wildman–Crippen MR) is 175 cm³/mol. The molecule has 6 heteroatoms. The first-order valence-corrected chi connectivity index (χ1v) is 19.4. The molecule has 0 radical (unpaired) electrons. The van der Waals surface area contributed by atoms with E-state index in [0.29, 0.717) is 13.2 Å². The van der Waals surface area contributed by atoms with Crippen molar-refractivity contribution in [1.29, 1.82) is 0 Å². The molecule has 0 aliphatic rings. The van der Waals surface area contributed by atoms with Crippen molar-refractivity contribution in [2.45, 2.75) is 188 Å². The third-order valence-corrected chi connectivity index (χ3v) is 9.05. The SMILES string of the molecule is CCCCCCCCCCCOP(=O)(O)OCCCCCCCN(CCCCCCCC)CCCCCCCC. The standard InChI is InChI=1S/C34H72NO4P/c1-4-7-10-13-16-17-18-23-28-33-38-40(36,37)39-34-29-24-19-22-27-32-35(30-25-20-14-11-8-5-2)31-26-21-15-12-9-6-3/h4-34H2,1-3H3,(H,36,37). The smallest absolute Gasteiger partial charge is 0.303 e. The summed E-state index contributed by atoms with van der Waals surface area (Å²) in [7, 11) is -3.89. The lowest BCUT2D eigenvalue weighted by Gasteiger charge is -2.22. The fraction of sp³-hybridized carbons (Fsp3) is 1.00. The Morgan fingerprint density at radius 2 is 0.675 bits per heavy atom. The first-order valence-electron chi connectivity index (χ1n) is 17.9. The van der Waals surface area contributed by atoms with Crippen LogP contribution in [-0.2, 0) is 13.6 Å². The lowest BCUT2D eigenvalue weighted by atomic mass is 10.1. The van der Waals surface area contributed by atoms with Gasteiger partial charge in [-0.1, -0.05) is 156 Å². The Balaban J connectivity index is 3.81. The lowest BCUT2D eigenvalue weighted by Crippen LogP contribution is -2.27. The molecule has 0 aliphatic heterocycles. The summed E-state index contributed by atoms with van der Waals surface area (Å²) in [6, 6.07) is 0. The Morgan fingerprint density at radius 3 is 0.975 bits per heavy atom. The number of hydrogen-bond donors (Lipinski definition) is 1. The van der Waals surface area contributed by atoms with E-state index >= 15 is 0 Å². The van der Waals surface area contributed by atoms with Crippen molar-refractivity contribution in [3.63, 3.8) is 0 Å². The average Bonchev–Trinajstić information content (AvgIpc) is 2.94. The summed E-state index contributed by atoms with van der Waals surface area (Å²) in [5, 5.41) is 0. The van der Waals surface area contributed by atoms with Gasteiger partial charge in [0.05, 0.1) is 13.2 Å². The van der Waals surface area contributed by atoms with Crippen molar-refractivity contribution in [2.75, 3.05) is 32.8 Å². The summed E-state index contributed by atoms with van der Waals surface area (Å²) in [6.07, 6.45) is 32.9. The first kappa shape index (κ1) is 40.1.